The second-order valence-electron chi connectivity index (χ2n) is 8.11. The number of fused-ring (bicyclic) bond motifs is 1. The van der Waals surface area contributed by atoms with E-state index in [1.54, 1.807) is 0 Å². The molecule has 1 aromatic carbocycles. The van der Waals surface area contributed by atoms with Crippen molar-refractivity contribution in [2.24, 2.45) is 11.7 Å². The van der Waals surface area contributed by atoms with Crippen molar-refractivity contribution in [3.8, 4) is 11.5 Å². The fraction of sp³-hybridized carbons (Fsp3) is 0.619. The molecule has 1 heterocycles. The highest BCUT2D eigenvalue weighted by atomic mass is 35.5. The maximum absolute atomic E-state index is 12.3. The summed E-state index contributed by atoms with van der Waals surface area (Å²) in [5, 5.41) is 5.62. The van der Waals surface area contributed by atoms with E-state index in [1.165, 1.54) is 5.56 Å². The van der Waals surface area contributed by atoms with E-state index >= 15 is 0 Å². The Labute approximate surface area is 178 Å². The highest BCUT2D eigenvalue weighted by molar-refractivity contribution is 5.87. The summed E-state index contributed by atoms with van der Waals surface area (Å²) in [4.78, 5) is 24.2. The van der Waals surface area contributed by atoms with E-state index in [4.69, 9.17) is 15.2 Å². The van der Waals surface area contributed by atoms with Crippen LogP contribution in [0, 0.1) is 5.92 Å². The maximum atomic E-state index is 12.3. The Morgan fingerprint density at radius 3 is 2.41 bits per heavy atom. The maximum Gasteiger partial charge on any atom is 0.239 e. The molecule has 2 amide bonds. The third-order valence-corrected chi connectivity index (χ3v) is 5.78. The van der Waals surface area contributed by atoms with Gasteiger partial charge in [-0.2, -0.15) is 0 Å². The van der Waals surface area contributed by atoms with E-state index in [0.717, 1.165) is 37.2 Å². The number of ether oxygens (including phenoxy) is 2. The molecule has 0 unspecified atom stereocenters. The van der Waals surface area contributed by atoms with Crippen LogP contribution in [-0.4, -0.2) is 44.2 Å². The van der Waals surface area contributed by atoms with Crippen molar-refractivity contribution in [2.75, 3.05) is 26.3 Å². The summed E-state index contributed by atoms with van der Waals surface area (Å²) in [7, 11) is 0. The standard InChI is InChI=1S/C21H31N3O4.ClH/c1-14(2)19(22)20(26)23-12-18(25)24-13-21(7-3-4-8-21)15-5-6-16-17(11-15)28-10-9-27-16;/h5-6,11,14,19H,3-4,7-10,12-13,22H2,1-2H3,(H,23,26)(H,24,25);1H/t19-;/m0./s1. The van der Waals surface area contributed by atoms with Crippen molar-refractivity contribution in [3.63, 3.8) is 0 Å². The first kappa shape index (κ1) is 23.3. The van der Waals surface area contributed by atoms with Crippen LogP contribution < -0.4 is 25.8 Å². The minimum atomic E-state index is -0.605. The van der Waals surface area contributed by atoms with Gasteiger partial charge in [0.15, 0.2) is 11.5 Å². The van der Waals surface area contributed by atoms with Crippen molar-refractivity contribution in [2.45, 2.75) is 51.0 Å². The van der Waals surface area contributed by atoms with Gasteiger partial charge in [0.25, 0.3) is 0 Å². The van der Waals surface area contributed by atoms with E-state index in [0.29, 0.717) is 19.8 Å². The zero-order valence-corrected chi connectivity index (χ0v) is 18.0. The number of nitrogens with one attached hydrogen (secondary N) is 2. The van der Waals surface area contributed by atoms with Crippen molar-refractivity contribution in [1.29, 1.82) is 0 Å². The van der Waals surface area contributed by atoms with Gasteiger partial charge in [0.2, 0.25) is 11.8 Å². The number of hydrogen-bond donors (Lipinski definition) is 3. The van der Waals surface area contributed by atoms with Gasteiger partial charge in [-0.3, -0.25) is 9.59 Å². The molecule has 8 heteroatoms. The molecule has 4 N–H and O–H groups in total. The van der Waals surface area contributed by atoms with Crippen LogP contribution in [0.15, 0.2) is 18.2 Å². The molecule has 0 radical (unpaired) electrons. The molecule has 0 aromatic heterocycles. The van der Waals surface area contributed by atoms with Gasteiger partial charge in [-0.25, -0.2) is 0 Å². The lowest BCUT2D eigenvalue weighted by molar-refractivity contribution is -0.127. The summed E-state index contributed by atoms with van der Waals surface area (Å²) < 4.78 is 11.3. The minimum absolute atomic E-state index is 0. The average Bonchev–Trinajstić information content (AvgIpc) is 3.19. The van der Waals surface area contributed by atoms with E-state index < -0.39 is 6.04 Å². The number of rotatable bonds is 7. The zero-order valence-electron chi connectivity index (χ0n) is 17.2. The number of halogens is 1. The molecule has 0 saturated heterocycles. The Bertz CT molecular complexity index is 720. The van der Waals surface area contributed by atoms with Crippen LogP contribution >= 0.6 is 12.4 Å². The van der Waals surface area contributed by atoms with Crippen molar-refractivity contribution >= 4 is 24.2 Å². The number of hydrogen-bond acceptors (Lipinski definition) is 5. The van der Waals surface area contributed by atoms with Gasteiger partial charge in [0.1, 0.15) is 13.2 Å². The first-order chi connectivity index (χ1) is 13.4. The summed E-state index contributed by atoms with van der Waals surface area (Å²) in [6, 6.07) is 5.48. The predicted octanol–water partition coefficient (Wildman–Crippen LogP) is 1.91. The Balaban J connectivity index is 0.00000300. The molecule has 0 spiro atoms. The number of carbonyl (C=O) groups excluding carboxylic acids is 2. The van der Waals surface area contributed by atoms with Crippen LogP contribution in [0.2, 0.25) is 0 Å². The molecule has 1 saturated carbocycles. The number of benzene rings is 1. The lowest BCUT2D eigenvalue weighted by Gasteiger charge is -2.31. The third-order valence-electron chi connectivity index (χ3n) is 5.78. The third kappa shape index (κ3) is 5.54. The average molecular weight is 426 g/mol. The molecule has 3 rings (SSSR count). The molecule has 7 nitrogen and oxygen atoms in total. The van der Waals surface area contributed by atoms with Gasteiger partial charge < -0.3 is 25.8 Å². The SMILES string of the molecule is CC(C)[C@H](N)C(=O)NCC(=O)NCC1(c2ccc3c(c2)OCCO3)CCCC1.Cl. The number of nitrogens with two attached hydrogens (primary N) is 1. The normalized spacial score (nSPS) is 17.9. The van der Waals surface area contributed by atoms with E-state index in [2.05, 4.69) is 22.8 Å². The summed E-state index contributed by atoms with van der Waals surface area (Å²) >= 11 is 0. The smallest absolute Gasteiger partial charge is 0.239 e. The summed E-state index contributed by atoms with van der Waals surface area (Å²) in [6.07, 6.45) is 4.28. The van der Waals surface area contributed by atoms with Crippen molar-refractivity contribution in [1.82, 2.24) is 10.6 Å². The van der Waals surface area contributed by atoms with Gasteiger partial charge in [0, 0.05) is 12.0 Å². The van der Waals surface area contributed by atoms with Crippen LogP contribution in [0.4, 0.5) is 0 Å². The molecular formula is C21H32ClN3O4. The summed E-state index contributed by atoms with van der Waals surface area (Å²) in [5.41, 5.74) is 6.87. The van der Waals surface area contributed by atoms with E-state index in [-0.39, 0.29) is 42.1 Å². The molecule has 2 aliphatic rings. The van der Waals surface area contributed by atoms with Gasteiger partial charge in [-0.15, -0.1) is 12.4 Å². The molecule has 162 valence electrons. The van der Waals surface area contributed by atoms with E-state index in [1.807, 2.05) is 19.9 Å². The Morgan fingerprint density at radius 1 is 1.10 bits per heavy atom. The first-order valence-corrected chi connectivity index (χ1v) is 10.1. The highest BCUT2D eigenvalue weighted by Crippen LogP contribution is 2.43. The van der Waals surface area contributed by atoms with Crippen molar-refractivity contribution < 1.29 is 19.1 Å². The van der Waals surface area contributed by atoms with Gasteiger partial charge in [0.05, 0.1) is 12.6 Å². The highest BCUT2D eigenvalue weighted by Gasteiger charge is 2.36. The molecule has 1 fully saturated rings. The topological polar surface area (TPSA) is 103 Å². The van der Waals surface area contributed by atoms with Crippen LogP contribution in [0.5, 0.6) is 11.5 Å². The number of carbonyl (C=O) groups is 2. The lowest BCUT2D eigenvalue weighted by Crippen LogP contribution is -2.48. The van der Waals surface area contributed by atoms with Crippen molar-refractivity contribution in [3.05, 3.63) is 23.8 Å². The zero-order chi connectivity index (χ0) is 20.1. The van der Waals surface area contributed by atoms with Crippen LogP contribution in [-0.2, 0) is 15.0 Å². The predicted molar refractivity (Wildman–Crippen MR) is 114 cm³/mol. The fourth-order valence-corrected chi connectivity index (χ4v) is 3.91. The molecule has 29 heavy (non-hydrogen) atoms. The van der Waals surface area contributed by atoms with E-state index in [9.17, 15) is 9.59 Å². The largest absolute Gasteiger partial charge is 0.486 e. The second kappa shape index (κ2) is 10.2. The Morgan fingerprint density at radius 2 is 1.76 bits per heavy atom. The molecule has 0 bridgehead atoms. The Kier molecular flexibility index (Phi) is 8.16. The summed E-state index contributed by atoms with van der Waals surface area (Å²) in [6.45, 7) is 5.36. The summed E-state index contributed by atoms with van der Waals surface area (Å²) in [5.74, 6) is 1.08. The van der Waals surface area contributed by atoms with Crippen LogP contribution in [0.25, 0.3) is 0 Å². The Hall–Kier alpha value is -1.99. The molecule has 1 aromatic rings. The molecule has 1 aliphatic heterocycles. The van der Waals surface area contributed by atoms with Crippen LogP contribution in [0.1, 0.15) is 45.1 Å². The molecular weight excluding hydrogens is 394 g/mol. The quantitative estimate of drug-likeness (QED) is 0.619. The number of amides is 2. The van der Waals surface area contributed by atoms with Crippen LogP contribution in [0.3, 0.4) is 0 Å². The van der Waals surface area contributed by atoms with Gasteiger partial charge in [-0.05, 0) is 36.5 Å². The van der Waals surface area contributed by atoms with Gasteiger partial charge >= 0.3 is 0 Å². The molecule has 1 aliphatic carbocycles. The second-order valence-corrected chi connectivity index (χ2v) is 8.11. The fourth-order valence-electron chi connectivity index (χ4n) is 3.91. The molecule has 1 atom stereocenters. The lowest BCUT2D eigenvalue weighted by atomic mass is 9.78. The minimum Gasteiger partial charge on any atom is -0.486 e. The van der Waals surface area contributed by atoms with Gasteiger partial charge in [-0.1, -0.05) is 32.8 Å². The monoisotopic (exact) mass is 425 g/mol. The first-order valence-electron chi connectivity index (χ1n) is 10.1.